The van der Waals surface area contributed by atoms with E-state index in [-0.39, 0.29) is 23.7 Å². The molecular weight excluding hydrogens is 347 g/mol. The minimum atomic E-state index is -0.511. The van der Waals surface area contributed by atoms with Gasteiger partial charge in [-0.2, -0.15) is 0 Å². The molecule has 0 unspecified atom stereocenters. The SMILES string of the molecule is O=C1NC[C@H]2CN(C(=O)C3(c4ccc(Cl)c(Cl)c4)CCCC3)C[C@@H]12. The van der Waals surface area contributed by atoms with Crippen molar-refractivity contribution in [2.45, 2.75) is 31.1 Å². The summed E-state index contributed by atoms with van der Waals surface area (Å²) in [7, 11) is 0. The first-order valence-corrected chi connectivity index (χ1v) is 9.29. The van der Waals surface area contributed by atoms with Crippen molar-refractivity contribution in [2.24, 2.45) is 11.8 Å². The second kappa shape index (κ2) is 5.92. The van der Waals surface area contributed by atoms with Crippen LogP contribution >= 0.6 is 23.2 Å². The Hall–Kier alpha value is -1.26. The van der Waals surface area contributed by atoms with Crippen LogP contribution in [0.25, 0.3) is 0 Å². The van der Waals surface area contributed by atoms with Crippen molar-refractivity contribution < 1.29 is 9.59 Å². The molecule has 2 amide bonds. The zero-order chi connectivity index (χ0) is 16.9. The predicted molar refractivity (Wildman–Crippen MR) is 93.2 cm³/mol. The quantitative estimate of drug-likeness (QED) is 0.874. The molecule has 3 fully saturated rings. The highest BCUT2D eigenvalue weighted by Gasteiger charge is 2.50. The third-order valence-electron chi connectivity index (χ3n) is 5.94. The molecule has 3 aliphatic rings. The first kappa shape index (κ1) is 16.2. The van der Waals surface area contributed by atoms with E-state index in [0.717, 1.165) is 31.2 Å². The van der Waals surface area contributed by atoms with Crippen molar-refractivity contribution in [3.8, 4) is 0 Å². The van der Waals surface area contributed by atoms with Gasteiger partial charge in [-0.3, -0.25) is 9.59 Å². The van der Waals surface area contributed by atoms with Crippen LogP contribution in [0.3, 0.4) is 0 Å². The molecule has 2 heterocycles. The number of amides is 2. The number of benzene rings is 1. The number of hydrogen-bond acceptors (Lipinski definition) is 2. The van der Waals surface area contributed by atoms with Gasteiger partial charge in [0.1, 0.15) is 0 Å². The molecule has 128 valence electrons. The molecule has 1 N–H and O–H groups in total. The summed E-state index contributed by atoms with van der Waals surface area (Å²) in [5.74, 6) is 0.459. The molecule has 24 heavy (non-hydrogen) atoms. The summed E-state index contributed by atoms with van der Waals surface area (Å²) in [6.07, 6.45) is 3.74. The number of carbonyl (C=O) groups is 2. The molecule has 4 rings (SSSR count). The molecule has 1 saturated carbocycles. The van der Waals surface area contributed by atoms with Crippen LogP contribution in [0.1, 0.15) is 31.2 Å². The van der Waals surface area contributed by atoms with Crippen molar-refractivity contribution >= 4 is 35.0 Å². The van der Waals surface area contributed by atoms with E-state index < -0.39 is 5.41 Å². The number of likely N-dealkylation sites (tertiary alicyclic amines) is 1. The van der Waals surface area contributed by atoms with Gasteiger partial charge in [-0.15, -0.1) is 0 Å². The van der Waals surface area contributed by atoms with Crippen molar-refractivity contribution in [1.82, 2.24) is 10.2 Å². The Kier molecular flexibility index (Phi) is 4.00. The van der Waals surface area contributed by atoms with Gasteiger partial charge in [0, 0.05) is 25.6 Å². The van der Waals surface area contributed by atoms with Crippen molar-refractivity contribution in [2.75, 3.05) is 19.6 Å². The van der Waals surface area contributed by atoms with Gasteiger partial charge in [0.15, 0.2) is 0 Å². The summed E-state index contributed by atoms with van der Waals surface area (Å²) >= 11 is 12.3. The van der Waals surface area contributed by atoms with Gasteiger partial charge in [0.25, 0.3) is 0 Å². The van der Waals surface area contributed by atoms with Gasteiger partial charge in [-0.25, -0.2) is 0 Å². The fourth-order valence-electron chi connectivity index (χ4n) is 4.60. The lowest BCUT2D eigenvalue weighted by molar-refractivity contribution is -0.136. The van der Waals surface area contributed by atoms with Crippen molar-refractivity contribution in [1.29, 1.82) is 0 Å². The molecule has 2 saturated heterocycles. The maximum Gasteiger partial charge on any atom is 0.233 e. The Morgan fingerprint density at radius 3 is 2.58 bits per heavy atom. The molecular formula is C18H20Cl2N2O2. The maximum atomic E-state index is 13.4. The number of nitrogens with zero attached hydrogens (tertiary/aromatic N) is 1. The number of halogens is 2. The van der Waals surface area contributed by atoms with Crippen LogP contribution in [0.5, 0.6) is 0 Å². The third kappa shape index (κ3) is 2.42. The zero-order valence-electron chi connectivity index (χ0n) is 13.4. The molecule has 0 aromatic heterocycles. The molecule has 0 bridgehead atoms. The highest BCUT2D eigenvalue weighted by molar-refractivity contribution is 6.42. The lowest BCUT2D eigenvalue weighted by Crippen LogP contribution is -2.45. The second-order valence-corrected chi connectivity index (χ2v) is 8.05. The van der Waals surface area contributed by atoms with Crippen molar-refractivity contribution in [3.05, 3.63) is 33.8 Å². The van der Waals surface area contributed by atoms with Crippen LogP contribution in [-0.4, -0.2) is 36.3 Å². The Bertz CT molecular complexity index is 700. The molecule has 0 spiro atoms. The van der Waals surface area contributed by atoms with E-state index in [1.807, 2.05) is 17.0 Å². The lowest BCUT2D eigenvalue weighted by Gasteiger charge is -2.33. The standard InChI is InChI=1S/C18H20Cl2N2O2/c19-14-4-3-12(7-15(14)20)18(5-1-2-6-18)17(24)22-9-11-8-21-16(23)13(11)10-22/h3-4,7,11,13H,1-2,5-6,8-10H2,(H,21,23)/t11-,13+/m0/s1. The summed E-state index contributed by atoms with van der Waals surface area (Å²) in [4.78, 5) is 27.2. The largest absolute Gasteiger partial charge is 0.355 e. The van der Waals surface area contributed by atoms with Gasteiger partial charge >= 0.3 is 0 Å². The van der Waals surface area contributed by atoms with Crippen LogP contribution in [0.4, 0.5) is 0 Å². The van der Waals surface area contributed by atoms with Gasteiger partial charge in [-0.05, 0) is 30.5 Å². The summed E-state index contributed by atoms with van der Waals surface area (Å²) in [6, 6.07) is 5.55. The van der Waals surface area contributed by atoms with Crippen LogP contribution < -0.4 is 5.32 Å². The summed E-state index contributed by atoms with van der Waals surface area (Å²) in [6.45, 7) is 1.90. The van der Waals surface area contributed by atoms with E-state index in [9.17, 15) is 9.59 Å². The maximum absolute atomic E-state index is 13.4. The van der Waals surface area contributed by atoms with Crippen LogP contribution in [-0.2, 0) is 15.0 Å². The molecule has 1 aromatic rings. The molecule has 1 aromatic carbocycles. The molecule has 2 aliphatic heterocycles. The first-order chi connectivity index (χ1) is 11.5. The summed E-state index contributed by atoms with van der Waals surface area (Å²) in [5.41, 5.74) is 0.449. The Morgan fingerprint density at radius 2 is 1.92 bits per heavy atom. The fourth-order valence-corrected chi connectivity index (χ4v) is 4.90. The monoisotopic (exact) mass is 366 g/mol. The highest BCUT2D eigenvalue weighted by atomic mass is 35.5. The fraction of sp³-hybridized carbons (Fsp3) is 0.556. The van der Waals surface area contributed by atoms with Crippen molar-refractivity contribution in [3.63, 3.8) is 0 Å². The molecule has 1 aliphatic carbocycles. The number of fused-ring (bicyclic) bond motifs is 1. The first-order valence-electron chi connectivity index (χ1n) is 8.54. The second-order valence-electron chi connectivity index (χ2n) is 7.24. The number of hydrogen-bond donors (Lipinski definition) is 1. The normalized spacial score (nSPS) is 28.1. The van der Waals surface area contributed by atoms with Crippen LogP contribution in [0, 0.1) is 11.8 Å². The molecule has 0 radical (unpaired) electrons. The number of nitrogens with one attached hydrogen (secondary N) is 1. The molecule has 4 nitrogen and oxygen atoms in total. The van der Waals surface area contributed by atoms with Crippen LogP contribution in [0.2, 0.25) is 10.0 Å². The van der Waals surface area contributed by atoms with Gasteiger partial charge in [0.05, 0.1) is 21.4 Å². The predicted octanol–water partition coefficient (Wildman–Crippen LogP) is 3.01. The van der Waals surface area contributed by atoms with E-state index in [4.69, 9.17) is 23.2 Å². The topological polar surface area (TPSA) is 49.4 Å². The highest BCUT2D eigenvalue weighted by Crippen LogP contribution is 2.45. The minimum Gasteiger partial charge on any atom is -0.355 e. The van der Waals surface area contributed by atoms with Gasteiger partial charge in [-0.1, -0.05) is 42.1 Å². The smallest absolute Gasteiger partial charge is 0.233 e. The van der Waals surface area contributed by atoms with Gasteiger partial charge < -0.3 is 10.2 Å². The lowest BCUT2D eigenvalue weighted by atomic mass is 9.77. The number of carbonyl (C=O) groups excluding carboxylic acids is 2. The van der Waals surface area contributed by atoms with E-state index in [2.05, 4.69) is 5.32 Å². The Labute approximate surface area is 151 Å². The van der Waals surface area contributed by atoms with Crippen LogP contribution in [0.15, 0.2) is 18.2 Å². The third-order valence-corrected chi connectivity index (χ3v) is 6.68. The van der Waals surface area contributed by atoms with E-state index >= 15 is 0 Å². The molecule has 2 atom stereocenters. The Morgan fingerprint density at radius 1 is 1.17 bits per heavy atom. The zero-order valence-corrected chi connectivity index (χ0v) is 14.9. The minimum absolute atomic E-state index is 0.0405. The molecule has 6 heteroatoms. The average molecular weight is 367 g/mol. The summed E-state index contributed by atoms with van der Waals surface area (Å²) < 4.78 is 0. The number of rotatable bonds is 2. The average Bonchev–Trinajstić information content (AvgIpc) is 3.27. The van der Waals surface area contributed by atoms with Gasteiger partial charge in [0.2, 0.25) is 11.8 Å². The van der Waals surface area contributed by atoms with E-state index in [1.165, 1.54) is 0 Å². The Balaban J connectivity index is 1.64. The van der Waals surface area contributed by atoms with E-state index in [0.29, 0.717) is 29.7 Å². The van der Waals surface area contributed by atoms with E-state index in [1.54, 1.807) is 6.07 Å². The summed E-state index contributed by atoms with van der Waals surface area (Å²) in [5, 5.41) is 3.90.